The van der Waals surface area contributed by atoms with Crippen molar-refractivity contribution in [3.8, 4) is 6.07 Å². The zero-order valence-electron chi connectivity index (χ0n) is 9.16. The van der Waals surface area contributed by atoms with Crippen LogP contribution in [0.3, 0.4) is 0 Å². The van der Waals surface area contributed by atoms with Gasteiger partial charge in [0.25, 0.3) is 0 Å². The molecule has 1 fully saturated rings. The van der Waals surface area contributed by atoms with Gasteiger partial charge in [0.2, 0.25) is 5.91 Å². The van der Waals surface area contributed by atoms with Gasteiger partial charge >= 0.3 is 6.18 Å². The van der Waals surface area contributed by atoms with E-state index in [9.17, 15) is 18.0 Å². The summed E-state index contributed by atoms with van der Waals surface area (Å²) in [5.41, 5.74) is 0. The largest absolute Gasteiger partial charge is 0.411 e. The molecule has 0 radical (unpaired) electrons. The van der Waals surface area contributed by atoms with Crippen molar-refractivity contribution in [2.45, 2.75) is 31.5 Å². The summed E-state index contributed by atoms with van der Waals surface area (Å²) in [5.74, 6) is -0.480. The molecule has 4 nitrogen and oxygen atoms in total. The van der Waals surface area contributed by atoms with Crippen molar-refractivity contribution in [3.05, 3.63) is 0 Å². The number of carbonyl (C=O) groups excluding carboxylic acids is 1. The molecule has 0 aromatic carbocycles. The maximum absolute atomic E-state index is 11.8. The molecule has 0 N–H and O–H groups in total. The Labute approximate surface area is 96.9 Å². The fraction of sp³-hybridized carbons (Fsp3) is 0.800. The maximum atomic E-state index is 11.8. The SMILES string of the molecule is N#CCCN(C(=O)COCC(F)(F)F)C1CC1. The average Bonchev–Trinajstić information content (AvgIpc) is 3.00. The lowest BCUT2D eigenvalue weighted by Crippen LogP contribution is -2.37. The number of rotatable bonds is 6. The van der Waals surface area contributed by atoms with Gasteiger partial charge in [-0.2, -0.15) is 18.4 Å². The van der Waals surface area contributed by atoms with Crippen LogP contribution < -0.4 is 0 Å². The van der Waals surface area contributed by atoms with Crippen LogP contribution in [-0.4, -0.2) is 42.8 Å². The van der Waals surface area contributed by atoms with Gasteiger partial charge in [-0.3, -0.25) is 4.79 Å². The molecule has 0 bridgehead atoms. The molecule has 1 amide bonds. The van der Waals surface area contributed by atoms with Crippen molar-refractivity contribution in [2.75, 3.05) is 19.8 Å². The topological polar surface area (TPSA) is 53.3 Å². The highest BCUT2D eigenvalue weighted by Crippen LogP contribution is 2.27. The molecule has 0 aromatic rings. The quantitative estimate of drug-likeness (QED) is 0.717. The van der Waals surface area contributed by atoms with E-state index in [4.69, 9.17) is 5.26 Å². The number of nitriles is 1. The number of halogens is 3. The summed E-state index contributed by atoms with van der Waals surface area (Å²) < 4.78 is 39.7. The molecule has 1 aliphatic rings. The van der Waals surface area contributed by atoms with E-state index < -0.39 is 25.3 Å². The van der Waals surface area contributed by atoms with Gasteiger partial charge in [0.1, 0.15) is 13.2 Å². The minimum atomic E-state index is -4.42. The first-order valence-electron chi connectivity index (χ1n) is 5.25. The molecule has 1 aliphatic carbocycles. The predicted molar refractivity (Wildman–Crippen MR) is 51.8 cm³/mol. The second-order valence-corrected chi connectivity index (χ2v) is 3.83. The monoisotopic (exact) mass is 250 g/mol. The molecule has 0 aromatic heterocycles. The van der Waals surface area contributed by atoms with E-state index >= 15 is 0 Å². The van der Waals surface area contributed by atoms with Gasteiger partial charge in [-0.15, -0.1) is 0 Å². The van der Waals surface area contributed by atoms with E-state index in [0.29, 0.717) is 0 Å². The third-order valence-electron chi connectivity index (χ3n) is 2.26. The van der Waals surface area contributed by atoms with Crippen LogP contribution in [0.2, 0.25) is 0 Å². The van der Waals surface area contributed by atoms with E-state index in [0.717, 1.165) is 12.8 Å². The van der Waals surface area contributed by atoms with Crippen molar-refractivity contribution >= 4 is 5.91 Å². The van der Waals surface area contributed by atoms with Crippen LogP contribution in [0.25, 0.3) is 0 Å². The van der Waals surface area contributed by atoms with Crippen LogP contribution in [0.15, 0.2) is 0 Å². The van der Waals surface area contributed by atoms with Crippen LogP contribution in [0.4, 0.5) is 13.2 Å². The molecule has 17 heavy (non-hydrogen) atoms. The smallest absolute Gasteiger partial charge is 0.362 e. The fourth-order valence-corrected chi connectivity index (χ4v) is 1.40. The van der Waals surface area contributed by atoms with Gasteiger partial charge in [0.15, 0.2) is 0 Å². The summed E-state index contributed by atoms with van der Waals surface area (Å²) in [6.07, 6.45) is -2.55. The van der Waals surface area contributed by atoms with Gasteiger partial charge < -0.3 is 9.64 Å². The highest BCUT2D eigenvalue weighted by atomic mass is 19.4. The van der Waals surface area contributed by atoms with E-state index in [1.165, 1.54) is 4.90 Å². The third kappa shape index (κ3) is 5.54. The molecule has 7 heteroatoms. The fourth-order valence-electron chi connectivity index (χ4n) is 1.40. The molecule has 0 saturated heterocycles. The maximum Gasteiger partial charge on any atom is 0.411 e. The lowest BCUT2D eigenvalue weighted by molar-refractivity contribution is -0.177. The number of hydrogen-bond acceptors (Lipinski definition) is 3. The lowest BCUT2D eigenvalue weighted by atomic mass is 10.3. The summed E-state index contributed by atoms with van der Waals surface area (Å²) in [6.45, 7) is -1.74. The predicted octanol–water partition coefficient (Wildman–Crippen LogP) is 1.47. The van der Waals surface area contributed by atoms with Gasteiger partial charge in [0.05, 0.1) is 12.5 Å². The Morgan fingerprint density at radius 1 is 1.47 bits per heavy atom. The highest BCUT2D eigenvalue weighted by Gasteiger charge is 2.33. The first kappa shape index (κ1) is 13.8. The first-order chi connectivity index (χ1) is 7.94. The summed E-state index contributed by atoms with van der Waals surface area (Å²) in [4.78, 5) is 13.0. The summed E-state index contributed by atoms with van der Waals surface area (Å²) in [7, 11) is 0. The zero-order valence-corrected chi connectivity index (χ0v) is 9.16. The van der Waals surface area contributed by atoms with Crippen molar-refractivity contribution in [1.82, 2.24) is 4.90 Å². The number of amides is 1. The van der Waals surface area contributed by atoms with E-state index in [1.807, 2.05) is 6.07 Å². The van der Waals surface area contributed by atoms with E-state index in [-0.39, 0.29) is 19.0 Å². The molecule has 0 aliphatic heterocycles. The van der Waals surface area contributed by atoms with Gasteiger partial charge in [-0.05, 0) is 12.8 Å². The second-order valence-electron chi connectivity index (χ2n) is 3.83. The number of ether oxygens (including phenoxy) is 1. The zero-order chi connectivity index (χ0) is 12.9. The van der Waals surface area contributed by atoms with Crippen molar-refractivity contribution in [3.63, 3.8) is 0 Å². The normalized spacial score (nSPS) is 15.4. The van der Waals surface area contributed by atoms with Crippen LogP contribution in [0.1, 0.15) is 19.3 Å². The molecule has 1 rings (SSSR count). The summed E-state index contributed by atoms with van der Waals surface area (Å²) >= 11 is 0. The van der Waals surface area contributed by atoms with Crippen molar-refractivity contribution in [1.29, 1.82) is 5.26 Å². The summed E-state index contributed by atoms with van der Waals surface area (Å²) in [5, 5.41) is 8.41. The Morgan fingerprint density at radius 2 is 2.12 bits per heavy atom. The summed E-state index contributed by atoms with van der Waals surface area (Å²) in [6, 6.07) is 1.98. The van der Waals surface area contributed by atoms with Crippen LogP contribution in [0, 0.1) is 11.3 Å². The van der Waals surface area contributed by atoms with Crippen LogP contribution in [-0.2, 0) is 9.53 Å². The molecule has 0 spiro atoms. The minimum absolute atomic E-state index is 0.0744. The molecule has 0 heterocycles. The number of alkyl halides is 3. The Balaban J connectivity index is 2.30. The highest BCUT2D eigenvalue weighted by molar-refractivity contribution is 5.78. The lowest BCUT2D eigenvalue weighted by Gasteiger charge is -2.21. The molecule has 0 unspecified atom stereocenters. The molecular weight excluding hydrogens is 237 g/mol. The number of carbonyl (C=O) groups is 1. The molecule has 96 valence electrons. The second kappa shape index (κ2) is 5.87. The van der Waals surface area contributed by atoms with Crippen molar-refractivity contribution < 1.29 is 22.7 Å². The van der Waals surface area contributed by atoms with Crippen molar-refractivity contribution in [2.24, 2.45) is 0 Å². The molecule has 0 atom stereocenters. The van der Waals surface area contributed by atoms with E-state index in [1.54, 1.807) is 0 Å². The van der Waals surface area contributed by atoms with Gasteiger partial charge in [-0.1, -0.05) is 0 Å². The van der Waals surface area contributed by atoms with Gasteiger partial charge in [-0.25, -0.2) is 0 Å². The Bertz CT molecular complexity index is 308. The average molecular weight is 250 g/mol. The van der Waals surface area contributed by atoms with Gasteiger partial charge in [0, 0.05) is 12.6 Å². The minimum Gasteiger partial charge on any atom is -0.362 e. The standard InChI is InChI=1S/C10H13F3N2O2/c11-10(12,13)7-17-6-9(16)15(5-1-4-14)8-2-3-8/h8H,1-3,5-7H2. The Morgan fingerprint density at radius 3 is 2.59 bits per heavy atom. The van der Waals surface area contributed by atoms with Crippen LogP contribution in [0.5, 0.6) is 0 Å². The number of hydrogen-bond donors (Lipinski definition) is 0. The van der Waals surface area contributed by atoms with Crippen LogP contribution >= 0.6 is 0 Å². The Hall–Kier alpha value is -1.29. The molecule has 1 saturated carbocycles. The Kier molecular flexibility index (Phi) is 4.75. The molecular formula is C10H13F3N2O2. The number of nitrogens with zero attached hydrogens (tertiary/aromatic N) is 2. The van der Waals surface area contributed by atoms with E-state index in [2.05, 4.69) is 4.74 Å². The third-order valence-corrected chi connectivity index (χ3v) is 2.26. The first-order valence-corrected chi connectivity index (χ1v) is 5.25.